The number of carbonyl (C=O) groups is 1. The topological polar surface area (TPSA) is 32.3 Å². The van der Waals surface area contributed by atoms with E-state index < -0.39 is 21.1 Å². The third-order valence-electron chi connectivity index (χ3n) is 5.25. The second-order valence-corrected chi connectivity index (χ2v) is 10.1. The number of rotatable bonds is 4. The predicted octanol–water partition coefficient (Wildman–Crippen LogP) is 6.70. The molecule has 0 radical (unpaired) electrons. The van der Waals surface area contributed by atoms with Gasteiger partial charge in [-0.15, -0.1) is 9.39 Å². The number of amides is 1. The molecule has 4 rings (SSSR count). The minimum Gasteiger partial charge on any atom is -0.337 e. The van der Waals surface area contributed by atoms with Crippen molar-refractivity contribution in [1.29, 1.82) is 0 Å². The Bertz CT molecular complexity index is 1340. The number of nitrogens with zero attached hydrogens (tertiary/aromatic N) is 1. The number of halogens is 3. The molecule has 0 saturated heterocycles. The van der Waals surface area contributed by atoms with Crippen molar-refractivity contribution in [2.45, 2.75) is 18.0 Å². The van der Waals surface area contributed by atoms with Gasteiger partial charge in [-0.1, -0.05) is 36.5 Å². The number of hydrogen-bond donors (Lipinski definition) is 1. The lowest BCUT2D eigenvalue weighted by atomic mass is 10.1. The summed E-state index contributed by atoms with van der Waals surface area (Å²) in [6.45, 7) is 6.09. The molecule has 3 aromatic rings. The summed E-state index contributed by atoms with van der Waals surface area (Å²) in [6, 6.07) is 17.6. The van der Waals surface area contributed by atoms with Crippen LogP contribution in [0.5, 0.6) is 0 Å². The Kier molecular flexibility index (Phi) is 5.17. The minimum absolute atomic E-state index is 0.192. The van der Waals surface area contributed by atoms with Crippen LogP contribution in [0, 0.1) is 6.92 Å². The molecule has 0 spiro atoms. The Morgan fingerprint density at radius 2 is 1.62 bits per heavy atom. The standard InChI is InChI=1S/C25H21F3N2OS/c1-16-7-5-8-19(15-16)30-17(2)23-21(24(30)31)9-6-10-22(23)29-32(3,4)20-13-11-18(12-14-20)25(26,27)28/h5-15,29H,2-4H2,1H3. The van der Waals surface area contributed by atoms with Gasteiger partial charge >= 0.3 is 6.18 Å². The third-order valence-corrected chi connectivity index (χ3v) is 7.04. The van der Waals surface area contributed by atoms with Crippen LogP contribution in [0.3, 0.4) is 0 Å². The highest BCUT2D eigenvalue weighted by molar-refractivity contribution is 8.28. The zero-order valence-electron chi connectivity index (χ0n) is 17.4. The van der Waals surface area contributed by atoms with Gasteiger partial charge in [-0.25, -0.2) is 0 Å². The smallest absolute Gasteiger partial charge is 0.337 e. The lowest BCUT2D eigenvalue weighted by molar-refractivity contribution is -0.137. The zero-order chi connectivity index (χ0) is 23.3. The molecule has 0 bridgehead atoms. The van der Waals surface area contributed by atoms with Gasteiger partial charge in [0.15, 0.2) is 0 Å². The van der Waals surface area contributed by atoms with E-state index in [-0.39, 0.29) is 5.91 Å². The first-order valence-electron chi connectivity index (χ1n) is 9.67. The number of carbonyl (C=O) groups excluding carboxylic acids is 1. The number of nitrogens with one attached hydrogen (secondary N) is 1. The zero-order valence-corrected chi connectivity index (χ0v) is 18.2. The van der Waals surface area contributed by atoms with E-state index in [1.165, 1.54) is 12.1 Å². The number of hydrogen-bond acceptors (Lipinski definition) is 2. The lowest BCUT2D eigenvalue weighted by Gasteiger charge is -2.22. The van der Waals surface area contributed by atoms with Gasteiger partial charge < -0.3 is 4.72 Å². The summed E-state index contributed by atoms with van der Waals surface area (Å²) in [5.74, 6) is 8.08. The van der Waals surface area contributed by atoms with Crippen molar-refractivity contribution in [3.8, 4) is 0 Å². The van der Waals surface area contributed by atoms with Crippen molar-refractivity contribution in [3.05, 3.63) is 95.6 Å². The summed E-state index contributed by atoms with van der Waals surface area (Å²) in [5.41, 5.74) is 3.24. The fourth-order valence-electron chi connectivity index (χ4n) is 3.70. The van der Waals surface area contributed by atoms with E-state index in [1.54, 1.807) is 23.1 Å². The molecule has 164 valence electrons. The molecule has 7 heteroatoms. The molecule has 32 heavy (non-hydrogen) atoms. The second kappa shape index (κ2) is 7.60. The van der Waals surface area contributed by atoms with Crippen LogP contribution in [-0.4, -0.2) is 17.6 Å². The monoisotopic (exact) mass is 454 g/mol. The average molecular weight is 455 g/mol. The molecule has 1 N–H and O–H groups in total. The van der Waals surface area contributed by atoms with Crippen LogP contribution in [0.2, 0.25) is 0 Å². The summed E-state index contributed by atoms with van der Waals surface area (Å²) >= 11 is 0. The van der Waals surface area contributed by atoms with E-state index in [2.05, 4.69) is 23.0 Å². The summed E-state index contributed by atoms with van der Waals surface area (Å²) < 4.78 is 42.0. The SMILES string of the molecule is C=C1c2c(NS(=C)(=C)c3ccc(C(F)(F)F)cc3)cccc2C(=O)N1c1cccc(C)c1. The summed E-state index contributed by atoms with van der Waals surface area (Å²) in [5, 5.41) is 0. The molecule has 1 heterocycles. The third kappa shape index (κ3) is 3.80. The van der Waals surface area contributed by atoms with Gasteiger partial charge in [0.05, 0.1) is 22.5 Å². The first-order valence-corrected chi connectivity index (χ1v) is 11.6. The molecule has 3 nitrogen and oxygen atoms in total. The molecular weight excluding hydrogens is 433 g/mol. The van der Waals surface area contributed by atoms with Crippen molar-refractivity contribution in [3.63, 3.8) is 0 Å². The van der Waals surface area contributed by atoms with Crippen molar-refractivity contribution in [2.24, 2.45) is 0 Å². The molecule has 1 aliphatic heterocycles. The normalized spacial score (nSPS) is 13.9. The lowest BCUT2D eigenvalue weighted by Crippen LogP contribution is -2.21. The van der Waals surface area contributed by atoms with Gasteiger partial charge in [-0.3, -0.25) is 9.69 Å². The fourth-order valence-corrected chi connectivity index (χ4v) is 5.06. The maximum Gasteiger partial charge on any atom is 0.416 e. The van der Waals surface area contributed by atoms with Gasteiger partial charge in [0, 0.05) is 16.1 Å². The molecule has 0 saturated carbocycles. The van der Waals surface area contributed by atoms with E-state index in [4.69, 9.17) is 0 Å². The van der Waals surface area contributed by atoms with Crippen LogP contribution in [-0.2, 0) is 6.18 Å². The highest BCUT2D eigenvalue weighted by atomic mass is 32.2. The van der Waals surface area contributed by atoms with Crippen molar-refractivity contribution in [2.75, 3.05) is 9.62 Å². The Hall–Kier alpha value is -3.45. The summed E-state index contributed by atoms with van der Waals surface area (Å²) in [6.07, 6.45) is -4.41. The molecule has 0 fully saturated rings. The minimum atomic E-state index is -4.41. The highest BCUT2D eigenvalue weighted by Gasteiger charge is 2.34. The summed E-state index contributed by atoms with van der Waals surface area (Å²) in [7, 11) is -2.22. The number of anilines is 2. The first kappa shape index (κ1) is 21.8. The van der Waals surface area contributed by atoms with Crippen LogP contribution in [0.25, 0.3) is 5.70 Å². The molecule has 0 aliphatic carbocycles. The predicted molar refractivity (Wildman–Crippen MR) is 129 cm³/mol. The quantitative estimate of drug-likeness (QED) is 0.445. The maximum atomic E-state index is 13.1. The Morgan fingerprint density at radius 1 is 0.969 bits per heavy atom. The molecule has 1 aliphatic rings. The van der Waals surface area contributed by atoms with E-state index in [0.717, 1.165) is 17.7 Å². The number of alkyl halides is 3. The van der Waals surface area contributed by atoms with Crippen molar-refractivity contribution in [1.82, 2.24) is 0 Å². The van der Waals surface area contributed by atoms with Gasteiger partial charge in [0.25, 0.3) is 5.91 Å². The van der Waals surface area contributed by atoms with E-state index in [9.17, 15) is 18.0 Å². The Labute approximate surface area is 185 Å². The van der Waals surface area contributed by atoms with Gasteiger partial charge in [-0.2, -0.15) is 13.2 Å². The van der Waals surface area contributed by atoms with Gasteiger partial charge in [0.2, 0.25) is 0 Å². The number of benzene rings is 3. The highest BCUT2D eigenvalue weighted by Crippen LogP contribution is 2.43. The van der Waals surface area contributed by atoms with Gasteiger partial charge in [-0.05, 0) is 61.0 Å². The molecule has 0 atom stereocenters. The molecule has 0 aromatic heterocycles. The summed E-state index contributed by atoms with van der Waals surface area (Å²) in [4.78, 5) is 15.3. The van der Waals surface area contributed by atoms with Crippen LogP contribution in [0.4, 0.5) is 24.5 Å². The molecule has 1 amide bonds. The fraction of sp³-hybridized carbons (Fsp3) is 0.0800. The van der Waals surface area contributed by atoms with Crippen LogP contribution >= 0.6 is 9.39 Å². The van der Waals surface area contributed by atoms with Crippen molar-refractivity contribution < 1.29 is 18.0 Å². The maximum absolute atomic E-state index is 13.1. The van der Waals surface area contributed by atoms with Crippen LogP contribution in [0.1, 0.15) is 27.0 Å². The number of aryl methyl sites for hydroxylation is 1. The van der Waals surface area contributed by atoms with Crippen LogP contribution < -0.4 is 9.62 Å². The van der Waals surface area contributed by atoms with E-state index in [0.29, 0.717) is 33.1 Å². The average Bonchev–Trinajstić information content (AvgIpc) is 2.98. The van der Waals surface area contributed by atoms with Crippen LogP contribution in [0.15, 0.2) is 78.2 Å². The largest absolute Gasteiger partial charge is 0.416 e. The Morgan fingerprint density at radius 3 is 2.25 bits per heavy atom. The molecular formula is C25H21F3N2OS. The molecule has 0 unspecified atom stereocenters. The number of fused-ring (bicyclic) bond motifs is 1. The molecule has 3 aromatic carbocycles. The van der Waals surface area contributed by atoms with Crippen molar-refractivity contribution >= 4 is 44.1 Å². The van der Waals surface area contributed by atoms with Gasteiger partial charge in [0.1, 0.15) is 0 Å². The van der Waals surface area contributed by atoms with E-state index >= 15 is 0 Å². The second-order valence-electron chi connectivity index (χ2n) is 7.66. The Balaban J connectivity index is 1.70. The van der Waals surface area contributed by atoms with E-state index in [1.807, 2.05) is 31.2 Å². The first-order chi connectivity index (χ1) is 15.0.